The summed E-state index contributed by atoms with van der Waals surface area (Å²) in [6, 6.07) is 16.2. The summed E-state index contributed by atoms with van der Waals surface area (Å²) >= 11 is 0. The Bertz CT molecular complexity index is 1420. The van der Waals surface area contributed by atoms with Gasteiger partial charge in [0.1, 0.15) is 11.8 Å². The molecule has 1 N–H and O–H groups in total. The van der Waals surface area contributed by atoms with Crippen LogP contribution in [0, 0.1) is 0 Å². The number of rotatable bonds is 5. The van der Waals surface area contributed by atoms with Crippen LogP contribution in [0.25, 0.3) is 10.9 Å². The van der Waals surface area contributed by atoms with Crippen LogP contribution in [0.3, 0.4) is 0 Å². The van der Waals surface area contributed by atoms with Gasteiger partial charge in [0.2, 0.25) is 0 Å². The third-order valence-corrected chi connectivity index (χ3v) is 7.60. The monoisotopic (exact) mass is 470 g/mol. The molecule has 4 aromatic rings. The Labute approximate surface area is 203 Å². The number of hydrogen-bond donors (Lipinski definition) is 1. The number of benzene rings is 2. The van der Waals surface area contributed by atoms with E-state index in [1.165, 1.54) is 24.8 Å². The van der Waals surface area contributed by atoms with Gasteiger partial charge in [0.05, 0.1) is 18.7 Å². The van der Waals surface area contributed by atoms with Crippen molar-refractivity contribution in [2.24, 2.45) is 0 Å². The zero-order valence-electron chi connectivity index (χ0n) is 20.1. The van der Waals surface area contributed by atoms with Crippen molar-refractivity contribution in [2.75, 3.05) is 12.0 Å². The maximum Gasteiger partial charge on any atom is 0.254 e. The normalized spacial score (nSPS) is 19.1. The van der Waals surface area contributed by atoms with Crippen LogP contribution < -0.4 is 15.2 Å². The lowest BCUT2D eigenvalue weighted by Gasteiger charge is -2.34. The molecule has 2 aliphatic rings. The van der Waals surface area contributed by atoms with E-state index in [1.807, 2.05) is 28.9 Å². The highest BCUT2D eigenvalue weighted by Crippen LogP contribution is 2.41. The summed E-state index contributed by atoms with van der Waals surface area (Å²) in [6.07, 6.45) is 6.64. The van der Waals surface area contributed by atoms with Gasteiger partial charge in [-0.3, -0.25) is 4.79 Å². The van der Waals surface area contributed by atoms with Gasteiger partial charge < -0.3 is 14.6 Å². The molecule has 0 radical (unpaired) electrons. The number of hydrogen-bond acceptors (Lipinski definition) is 6. The zero-order chi connectivity index (χ0) is 23.9. The van der Waals surface area contributed by atoms with Gasteiger partial charge in [-0.05, 0) is 71.8 Å². The molecule has 3 heterocycles. The maximum absolute atomic E-state index is 13.6. The van der Waals surface area contributed by atoms with Crippen LogP contribution in [0.15, 0.2) is 53.3 Å². The van der Waals surface area contributed by atoms with Crippen molar-refractivity contribution in [2.45, 2.75) is 63.6 Å². The number of nitrogens with one attached hydrogen (secondary N) is 1. The average molecular weight is 471 g/mol. The molecular formula is C27H30N6O2. The van der Waals surface area contributed by atoms with Crippen molar-refractivity contribution in [1.82, 2.24) is 25.2 Å². The number of pyridine rings is 1. The van der Waals surface area contributed by atoms with Crippen molar-refractivity contribution in [1.29, 1.82) is 0 Å². The van der Waals surface area contributed by atoms with Gasteiger partial charge in [-0.2, -0.15) is 0 Å². The summed E-state index contributed by atoms with van der Waals surface area (Å²) in [7, 11) is 1.63. The molecule has 8 heteroatoms. The van der Waals surface area contributed by atoms with Gasteiger partial charge in [0.15, 0.2) is 5.82 Å². The molecule has 0 spiro atoms. The van der Waals surface area contributed by atoms with Crippen molar-refractivity contribution < 1.29 is 4.74 Å². The fourth-order valence-electron chi connectivity index (χ4n) is 5.89. The van der Waals surface area contributed by atoms with E-state index in [-0.39, 0.29) is 17.6 Å². The lowest BCUT2D eigenvalue weighted by Crippen LogP contribution is -2.39. The molecule has 1 aliphatic carbocycles. The van der Waals surface area contributed by atoms with E-state index >= 15 is 0 Å². The molecule has 35 heavy (non-hydrogen) atoms. The summed E-state index contributed by atoms with van der Waals surface area (Å²) in [6.45, 7) is 2.21. The van der Waals surface area contributed by atoms with Crippen LogP contribution in [0.5, 0.6) is 5.75 Å². The predicted molar refractivity (Wildman–Crippen MR) is 135 cm³/mol. The highest BCUT2D eigenvalue weighted by Gasteiger charge is 2.38. The second kappa shape index (κ2) is 8.83. The van der Waals surface area contributed by atoms with E-state index in [0.717, 1.165) is 41.7 Å². The Kier molecular flexibility index (Phi) is 5.51. The smallest absolute Gasteiger partial charge is 0.254 e. The molecule has 1 aliphatic heterocycles. The first-order chi connectivity index (χ1) is 17.1. The molecule has 0 unspecified atom stereocenters. The van der Waals surface area contributed by atoms with Gasteiger partial charge in [0.25, 0.3) is 5.56 Å². The Morgan fingerprint density at radius 3 is 2.74 bits per heavy atom. The van der Waals surface area contributed by atoms with Crippen LogP contribution in [0.1, 0.15) is 68.1 Å². The fourth-order valence-corrected chi connectivity index (χ4v) is 5.89. The number of nitrogens with zero attached hydrogens (tertiary/aromatic N) is 5. The minimum Gasteiger partial charge on any atom is -0.497 e. The lowest BCUT2D eigenvalue weighted by atomic mass is 9.95. The highest BCUT2D eigenvalue weighted by atomic mass is 16.5. The summed E-state index contributed by atoms with van der Waals surface area (Å²) in [4.78, 5) is 19.1. The molecule has 1 saturated carbocycles. The predicted octanol–water partition coefficient (Wildman–Crippen LogP) is 4.57. The number of tetrazole rings is 1. The fraction of sp³-hybridized carbons (Fsp3) is 0.407. The standard InChI is InChI=1S/C27H30N6O2/c1-17-14-19-8-6-7-11-24(19)32(17)25(26-29-30-31-33(26)20-9-4-3-5-10-20)22-15-18-12-13-21(35-2)16-23(18)28-27(22)34/h6-8,11-13,15-17,20,25H,3-5,9-10,14H2,1-2H3,(H,28,34)/t17-,25+/m1/s1. The number of anilines is 1. The Morgan fingerprint density at radius 2 is 1.91 bits per heavy atom. The van der Waals surface area contributed by atoms with Crippen LogP contribution in [0.4, 0.5) is 5.69 Å². The molecule has 2 atom stereocenters. The van der Waals surface area contributed by atoms with Gasteiger partial charge >= 0.3 is 0 Å². The van der Waals surface area contributed by atoms with E-state index in [4.69, 9.17) is 4.74 Å². The Balaban J connectivity index is 1.55. The van der Waals surface area contributed by atoms with Crippen LogP contribution in [-0.4, -0.2) is 38.3 Å². The number of aromatic nitrogens is 5. The molecule has 2 aromatic carbocycles. The Morgan fingerprint density at radius 1 is 1.09 bits per heavy atom. The molecule has 180 valence electrons. The van der Waals surface area contributed by atoms with Gasteiger partial charge in [-0.1, -0.05) is 37.5 Å². The van der Waals surface area contributed by atoms with E-state index in [9.17, 15) is 4.79 Å². The second-order valence-corrected chi connectivity index (χ2v) is 9.77. The number of fused-ring (bicyclic) bond motifs is 2. The molecule has 0 saturated heterocycles. The Hall–Kier alpha value is -3.68. The zero-order valence-corrected chi connectivity index (χ0v) is 20.1. The van der Waals surface area contributed by atoms with Crippen LogP contribution in [-0.2, 0) is 6.42 Å². The van der Waals surface area contributed by atoms with Gasteiger partial charge in [-0.25, -0.2) is 4.68 Å². The maximum atomic E-state index is 13.6. The minimum absolute atomic E-state index is 0.134. The second-order valence-electron chi connectivity index (χ2n) is 9.77. The first kappa shape index (κ1) is 21.8. The minimum atomic E-state index is -0.402. The van der Waals surface area contributed by atoms with E-state index in [2.05, 4.69) is 56.6 Å². The number of para-hydroxylation sites is 1. The molecule has 2 aromatic heterocycles. The van der Waals surface area contributed by atoms with Crippen LogP contribution in [0.2, 0.25) is 0 Å². The van der Waals surface area contributed by atoms with Crippen molar-refractivity contribution in [3.8, 4) is 5.75 Å². The quantitative estimate of drug-likeness (QED) is 0.460. The molecule has 0 bridgehead atoms. The van der Waals surface area contributed by atoms with E-state index in [0.29, 0.717) is 11.3 Å². The lowest BCUT2D eigenvalue weighted by molar-refractivity contribution is 0.312. The average Bonchev–Trinajstić information content (AvgIpc) is 3.49. The van der Waals surface area contributed by atoms with E-state index < -0.39 is 6.04 Å². The third-order valence-electron chi connectivity index (χ3n) is 7.60. The largest absolute Gasteiger partial charge is 0.497 e. The number of ether oxygens (including phenoxy) is 1. The van der Waals surface area contributed by atoms with E-state index in [1.54, 1.807) is 7.11 Å². The molecule has 0 amide bonds. The summed E-state index contributed by atoms with van der Waals surface area (Å²) in [5, 5.41) is 14.1. The van der Waals surface area contributed by atoms with Crippen molar-refractivity contribution in [3.05, 3.63) is 75.8 Å². The van der Waals surface area contributed by atoms with Crippen molar-refractivity contribution >= 4 is 16.6 Å². The molecule has 6 rings (SSSR count). The topological polar surface area (TPSA) is 88.9 Å². The molecular weight excluding hydrogens is 440 g/mol. The van der Waals surface area contributed by atoms with Crippen molar-refractivity contribution in [3.63, 3.8) is 0 Å². The number of methoxy groups -OCH3 is 1. The number of H-pyrrole nitrogens is 1. The highest BCUT2D eigenvalue weighted by molar-refractivity contribution is 5.81. The summed E-state index contributed by atoms with van der Waals surface area (Å²) < 4.78 is 7.35. The van der Waals surface area contributed by atoms with Crippen LogP contribution >= 0.6 is 0 Å². The van der Waals surface area contributed by atoms with Gasteiger partial charge in [0, 0.05) is 23.4 Å². The first-order valence-electron chi connectivity index (χ1n) is 12.5. The third kappa shape index (κ3) is 3.77. The molecule has 1 fully saturated rings. The SMILES string of the molecule is COc1ccc2cc([C@@H](c3nnnn3C3CCCCC3)N3c4ccccc4C[C@H]3C)c(=O)[nH]c2c1. The molecule has 8 nitrogen and oxygen atoms in total. The first-order valence-corrected chi connectivity index (χ1v) is 12.5. The summed E-state index contributed by atoms with van der Waals surface area (Å²) in [5.41, 5.74) is 3.68. The number of aromatic amines is 1. The van der Waals surface area contributed by atoms with Gasteiger partial charge in [-0.15, -0.1) is 5.10 Å². The summed E-state index contributed by atoms with van der Waals surface area (Å²) in [5.74, 6) is 1.44.